The van der Waals surface area contributed by atoms with Crippen molar-refractivity contribution in [1.82, 2.24) is 4.98 Å². The van der Waals surface area contributed by atoms with Crippen LogP contribution in [0.4, 0.5) is 0 Å². The van der Waals surface area contributed by atoms with E-state index < -0.39 is 0 Å². The highest BCUT2D eigenvalue weighted by Crippen LogP contribution is 2.43. The van der Waals surface area contributed by atoms with Crippen molar-refractivity contribution in [2.45, 2.75) is 32.0 Å². The van der Waals surface area contributed by atoms with Gasteiger partial charge in [-0.25, -0.2) is 0 Å². The molecule has 2 atom stereocenters. The number of Topliss-reactive ketones (excluding diaryl/α,β-unsaturated/α-hetero) is 1. The van der Waals surface area contributed by atoms with Crippen LogP contribution in [-0.4, -0.2) is 16.9 Å². The Morgan fingerprint density at radius 2 is 2.00 bits per heavy atom. The first-order valence-electron chi connectivity index (χ1n) is 6.51. The Labute approximate surface area is 109 Å². The summed E-state index contributed by atoms with van der Waals surface area (Å²) in [7, 11) is 0. The van der Waals surface area contributed by atoms with Crippen molar-refractivity contribution in [2.24, 2.45) is 0 Å². The lowest BCUT2D eigenvalue weighted by Crippen LogP contribution is -2.27. The molecule has 2 aliphatic rings. The Balaban J connectivity index is 2.15. The first kappa shape index (κ1) is 10.9. The van der Waals surface area contributed by atoms with E-state index in [9.17, 15) is 9.59 Å². The molecule has 19 heavy (non-hydrogen) atoms. The lowest BCUT2D eigenvalue weighted by molar-refractivity contribution is 0.0294. The molecule has 4 rings (SSSR count). The Morgan fingerprint density at radius 1 is 1.21 bits per heavy atom. The van der Waals surface area contributed by atoms with Gasteiger partial charge in [-0.1, -0.05) is 0 Å². The lowest BCUT2D eigenvalue weighted by Gasteiger charge is -2.23. The van der Waals surface area contributed by atoms with Crippen molar-refractivity contribution in [1.29, 1.82) is 0 Å². The molecule has 96 valence electrons. The molecule has 1 aromatic heterocycles. The number of H-pyrrole nitrogens is 1. The van der Waals surface area contributed by atoms with Gasteiger partial charge in [-0.3, -0.25) is 9.59 Å². The summed E-state index contributed by atoms with van der Waals surface area (Å²) in [6.07, 6.45) is 1.16. The first-order chi connectivity index (χ1) is 9.15. The minimum absolute atomic E-state index is 0.0191. The number of aryl methyl sites for hydroxylation is 1. The highest BCUT2D eigenvalue weighted by atomic mass is 16.5. The van der Waals surface area contributed by atoms with Crippen molar-refractivity contribution < 1.29 is 9.53 Å². The number of nitrogens with one attached hydrogen (secondary N) is 1. The molecule has 0 saturated carbocycles. The number of ketones is 1. The molecule has 1 fully saturated rings. The van der Waals surface area contributed by atoms with Crippen LogP contribution < -0.4 is 5.43 Å². The number of carbonyl (C=O) groups is 1. The highest BCUT2D eigenvalue weighted by Gasteiger charge is 2.41. The van der Waals surface area contributed by atoms with E-state index in [0.717, 1.165) is 29.6 Å². The van der Waals surface area contributed by atoms with E-state index in [4.69, 9.17) is 4.74 Å². The standard InChI is InChI=1S/C15H13NO3/c1-7-6-10(17)14-9(16-7)3-2-8-13(14)11-4-5-12(19-11)15(8)18/h2-3,6,11-12H,4-5H2,1H3,(H,16,17)/t11-,12+/m0/s1. The van der Waals surface area contributed by atoms with Crippen molar-refractivity contribution in [3.63, 3.8) is 0 Å². The van der Waals surface area contributed by atoms with Crippen LogP contribution >= 0.6 is 0 Å². The number of carbonyl (C=O) groups excluding carboxylic acids is 1. The van der Waals surface area contributed by atoms with Crippen molar-refractivity contribution >= 4 is 16.7 Å². The number of hydrogen-bond acceptors (Lipinski definition) is 3. The molecule has 1 aromatic carbocycles. The summed E-state index contributed by atoms with van der Waals surface area (Å²) in [6, 6.07) is 5.22. The van der Waals surface area contributed by atoms with Gasteiger partial charge in [0, 0.05) is 28.4 Å². The Morgan fingerprint density at radius 3 is 2.84 bits per heavy atom. The summed E-state index contributed by atoms with van der Waals surface area (Å²) in [6.45, 7) is 1.85. The molecule has 2 aliphatic heterocycles. The van der Waals surface area contributed by atoms with Crippen LogP contribution in [0.5, 0.6) is 0 Å². The minimum Gasteiger partial charge on any atom is -0.362 e. The van der Waals surface area contributed by atoms with E-state index in [0.29, 0.717) is 10.9 Å². The molecule has 0 radical (unpaired) electrons. The van der Waals surface area contributed by atoms with Gasteiger partial charge in [0.15, 0.2) is 11.2 Å². The summed E-state index contributed by atoms with van der Waals surface area (Å²) in [4.78, 5) is 27.7. The molecule has 1 N–H and O–H groups in total. The number of hydrogen-bond donors (Lipinski definition) is 1. The van der Waals surface area contributed by atoms with Gasteiger partial charge in [-0.2, -0.15) is 0 Å². The van der Waals surface area contributed by atoms with Crippen LogP contribution in [0, 0.1) is 6.92 Å². The molecule has 4 heteroatoms. The fourth-order valence-corrected chi connectivity index (χ4v) is 3.27. The third-order valence-electron chi connectivity index (χ3n) is 4.07. The second kappa shape index (κ2) is 3.54. The normalized spacial score (nSPS) is 24.8. The van der Waals surface area contributed by atoms with Gasteiger partial charge >= 0.3 is 0 Å². The Hall–Kier alpha value is -1.94. The maximum atomic E-state index is 12.3. The van der Waals surface area contributed by atoms with Crippen molar-refractivity contribution in [3.8, 4) is 0 Å². The zero-order valence-electron chi connectivity index (χ0n) is 10.5. The third kappa shape index (κ3) is 1.37. The van der Waals surface area contributed by atoms with E-state index in [1.54, 1.807) is 6.07 Å². The van der Waals surface area contributed by atoms with Crippen LogP contribution in [-0.2, 0) is 4.74 Å². The number of aromatic nitrogens is 1. The number of benzene rings is 1. The number of ether oxygens (including phenoxy) is 1. The smallest absolute Gasteiger partial charge is 0.191 e. The quantitative estimate of drug-likeness (QED) is 0.785. The van der Waals surface area contributed by atoms with Gasteiger partial charge in [0.05, 0.1) is 11.5 Å². The molecular weight excluding hydrogens is 242 g/mol. The molecule has 1 saturated heterocycles. The lowest BCUT2D eigenvalue weighted by atomic mass is 9.93. The predicted molar refractivity (Wildman–Crippen MR) is 70.5 cm³/mol. The third-order valence-corrected chi connectivity index (χ3v) is 4.07. The summed E-state index contributed by atoms with van der Waals surface area (Å²) in [5, 5.41) is 0.613. The van der Waals surface area contributed by atoms with E-state index in [-0.39, 0.29) is 23.4 Å². The molecule has 0 aliphatic carbocycles. The summed E-state index contributed by atoms with van der Waals surface area (Å²) >= 11 is 0. The highest BCUT2D eigenvalue weighted by molar-refractivity contribution is 6.06. The van der Waals surface area contributed by atoms with Crippen molar-refractivity contribution in [3.05, 3.63) is 45.2 Å². The zero-order chi connectivity index (χ0) is 13.1. The molecule has 4 nitrogen and oxygen atoms in total. The van der Waals surface area contributed by atoms with Gasteiger partial charge in [0.25, 0.3) is 0 Å². The Kier molecular flexibility index (Phi) is 2.04. The van der Waals surface area contributed by atoms with Crippen LogP contribution in [0.25, 0.3) is 10.9 Å². The fourth-order valence-electron chi connectivity index (χ4n) is 3.27. The van der Waals surface area contributed by atoms with E-state index in [1.807, 2.05) is 19.1 Å². The van der Waals surface area contributed by atoms with Gasteiger partial charge in [-0.15, -0.1) is 0 Å². The molecule has 0 unspecified atom stereocenters. The van der Waals surface area contributed by atoms with Gasteiger partial charge in [0.2, 0.25) is 0 Å². The summed E-state index contributed by atoms with van der Waals surface area (Å²) in [5.74, 6) is 0.0191. The second-order valence-electron chi connectivity index (χ2n) is 5.32. The topological polar surface area (TPSA) is 59.2 Å². The molecule has 2 bridgehead atoms. The summed E-state index contributed by atoms with van der Waals surface area (Å²) in [5.41, 5.74) is 3.03. The number of aromatic amines is 1. The molecule has 0 spiro atoms. The largest absolute Gasteiger partial charge is 0.362 e. The fraction of sp³-hybridized carbons (Fsp3) is 0.333. The number of fused-ring (bicyclic) bond motifs is 6. The molecule has 0 amide bonds. The molecule has 3 heterocycles. The van der Waals surface area contributed by atoms with E-state index in [1.165, 1.54) is 0 Å². The van der Waals surface area contributed by atoms with Crippen LogP contribution in [0.1, 0.15) is 40.6 Å². The van der Waals surface area contributed by atoms with Gasteiger partial charge < -0.3 is 9.72 Å². The molecular formula is C15H13NO3. The number of rotatable bonds is 0. The van der Waals surface area contributed by atoms with Crippen molar-refractivity contribution in [2.75, 3.05) is 0 Å². The number of pyridine rings is 1. The maximum Gasteiger partial charge on any atom is 0.191 e. The molecule has 2 aromatic rings. The van der Waals surface area contributed by atoms with Gasteiger partial charge in [0.1, 0.15) is 6.10 Å². The first-order valence-corrected chi connectivity index (χ1v) is 6.51. The Bertz CT molecular complexity index is 775. The minimum atomic E-state index is -0.306. The average molecular weight is 255 g/mol. The zero-order valence-corrected chi connectivity index (χ0v) is 10.5. The predicted octanol–water partition coefficient (Wildman–Crippen LogP) is 2.25. The van der Waals surface area contributed by atoms with Gasteiger partial charge in [-0.05, 0) is 31.9 Å². The van der Waals surface area contributed by atoms with Crippen LogP contribution in [0.15, 0.2) is 23.0 Å². The SMILES string of the molecule is Cc1cc(=O)c2c3c(ccc2[nH]1)C(=O)[C@H]1CC[C@@H]3O1. The monoisotopic (exact) mass is 255 g/mol. The second-order valence-corrected chi connectivity index (χ2v) is 5.32. The average Bonchev–Trinajstić information content (AvgIpc) is 2.80. The van der Waals surface area contributed by atoms with Crippen LogP contribution in [0.3, 0.4) is 0 Å². The van der Waals surface area contributed by atoms with E-state index in [2.05, 4.69) is 4.98 Å². The van der Waals surface area contributed by atoms with Crippen LogP contribution in [0.2, 0.25) is 0 Å². The van der Waals surface area contributed by atoms with E-state index >= 15 is 0 Å². The summed E-state index contributed by atoms with van der Waals surface area (Å²) < 4.78 is 5.73. The maximum absolute atomic E-state index is 12.3.